The van der Waals surface area contributed by atoms with Crippen LogP contribution in [0.2, 0.25) is 0 Å². The third-order valence-corrected chi connectivity index (χ3v) is 7.26. The second-order valence-electron chi connectivity index (χ2n) is 8.83. The Labute approximate surface area is 188 Å². The van der Waals surface area contributed by atoms with Gasteiger partial charge in [0.1, 0.15) is 5.75 Å². The number of nitrogens with zero attached hydrogens (tertiary/aromatic N) is 3. The summed E-state index contributed by atoms with van der Waals surface area (Å²) >= 11 is 1.73. The lowest BCUT2D eigenvalue weighted by molar-refractivity contribution is -0.135. The minimum Gasteiger partial charge on any atom is -0.508 e. The van der Waals surface area contributed by atoms with Crippen molar-refractivity contribution < 1.29 is 15.0 Å². The molecule has 1 aromatic carbocycles. The first-order valence-electron chi connectivity index (χ1n) is 11.3. The van der Waals surface area contributed by atoms with Crippen LogP contribution >= 0.6 is 11.3 Å². The zero-order chi connectivity index (χ0) is 21.6. The first-order valence-corrected chi connectivity index (χ1v) is 12.2. The monoisotopic (exact) mass is 443 g/mol. The van der Waals surface area contributed by atoms with Crippen LogP contribution in [-0.4, -0.2) is 75.7 Å². The third kappa shape index (κ3) is 6.29. The third-order valence-electron chi connectivity index (χ3n) is 6.53. The van der Waals surface area contributed by atoms with E-state index in [0.717, 1.165) is 64.0 Å². The number of thiophene rings is 1. The summed E-state index contributed by atoms with van der Waals surface area (Å²) in [6.07, 6.45) is 3.17. The summed E-state index contributed by atoms with van der Waals surface area (Å²) in [6.45, 7) is 5.34. The van der Waals surface area contributed by atoms with Gasteiger partial charge in [0.15, 0.2) is 0 Å². The molecule has 168 valence electrons. The van der Waals surface area contributed by atoms with Crippen LogP contribution in [0.3, 0.4) is 0 Å². The molecule has 0 radical (unpaired) electrons. The van der Waals surface area contributed by atoms with Crippen LogP contribution in [0.5, 0.6) is 5.75 Å². The van der Waals surface area contributed by atoms with Gasteiger partial charge in [0.2, 0.25) is 5.91 Å². The number of hydrogen-bond donors (Lipinski definition) is 2. The maximum atomic E-state index is 13.2. The summed E-state index contributed by atoms with van der Waals surface area (Å²) in [5.74, 6) is 0.436. The number of hydrogen-bond acceptors (Lipinski definition) is 6. The summed E-state index contributed by atoms with van der Waals surface area (Å²) in [6, 6.07) is 9.75. The average Bonchev–Trinajstić information content (AvgIpc) is 3.27. The molecular weight excluding hydrogens is 410 g/mol. The van der Waals surface area contributed by atoms with E-state index in [2.05, 4.69) is 26.6 Å². The van der Waals surface area contributed by atoms with Crippen LogP contribution in [-0.2, 0) is 17.9 Å². The normalized spacial score (nSPS) is 22.7. The van der Waals surface area contributed by atoms with Crippen LogP contribution in [0.1, 0.15) is 36.8 Å². The number of phenolic OH excluding ortho intramolecular Hbond substituents is 1. The van der Waals surface area contributed by atoms with E-state index < -0.39 is 0 Å². The van der Waals surface area contributed by atoms with Crippen molar-refractivity contribution in [1.29, 1.82) is 0 Å². The van der Waals surface area contributed by atoms with Gasteiger partial charge in [0.25, 0.3) is 0 Å². The minimum atomic E-state index is -0.217. The Hall–Kier alpha value is -1.93. The van der Waals surface area contributed by atoms with Crippen molar-refractivity contribution in [3.63, 3.8) is 0 Å². The van der Waals surface area contributed by atoms with E-state index in [1.165, 1.54) is 5.56 Å². The second-order valence-corrected chi connectivity index (χ2v) is 9.61. The predicted octanol–water partition coefficient (Wildman–Crippen LogP) is 2.90. The number of piperazine rings is 1. The van der Waals surface area contributed by atoms with Crippen molar-refractivity contribution in [2.24, 2.45) is 0 Å². The Balaban J connectivity index is 1.35. The molecule has 2 aromatic rings. The fraction of sp³-hybridized carbons (Fsp3) is 0.542. The zero-order valence-corrected chi connectivity index (χ0v) is 18.8. The van der Waals surface area contributed by atoms with Crippen LogP contribution in [0.4, 0.5) is 0 Å². The summed E-state index contributed by atoms with van der Waals surface area (Å²) in [5, 5.41) is 24.1. The highest BCUT2D eigenvalue weighted by Gasteiger charge is 2.29. The highest BCUT2D eigenvalue weighted by atomic mass is 32.1. The molecular formula is C24H33N3O3S. The summed E-state index contributed by atoms with van der Waals surface area (Å²) in [5.41, 5.74) is 2.36. The number of benzene rings is 1. The molecule has 1 aliphatic carbocycles. The number of carbonyl (C=O) groups is 1. The van der Waals surface area contributed by atoms with Gasteiger partial charge in [-0.15, -0.1) is 0 Å². The fourth-order valence-corrected chi connectivity index (χ4v) is 5.36. The summed E-state index contributed by atoms with van der Waals surface area (Å²) in [7, 11) is 0. The van der Waals surface area contributed by atoms with Gasteiger partial charge >= 0.3 is 0 Å². The summed E-state index contributed by atoms with van der Waals surface area (Å²) in [4.78, 5) is 19.8. The zero-order valence-electron chi connectivity index (χ0n) is 18.0. The lowest BCUT2D eigenvalue weighted by Gasteiger charge is -2.39. The number of rotatable bonds is 7. The molecule has 31 heavy (non-hydrogen) atoms. The van der Waals surface area contributed by atoms with Gasteiger partial charge in [-0.2, -0.15) is 11.3 Å². The largest absolute Gasteiger partial charge is 0.508 e. The van der Waals surface area contributed by atoms with Crippen molar-refractivity contribution in [3.8, 4) is 5.75 Å². The molecule has 2 N–H and O–H groups in total. The van der Waals surface area contributed by atoms with E-state index in [-0.39, 0.29) is 23.8 Å². The molecule has 0 atom stereocenters. The number of phenols is 1. The van der Waals surface area contributed by atoms with Gasteiger partial charge in [0.05, 0.1) is 12.6 Å². The van der Waals surface area contributed by atoms with Crippen molar-refractivity contribution in [1.82, 2.24) is 14.7 Å². The van der Waals surface area contributed by atoms with Crippen LogP contribution in [0, 0.1) is 0 Å². The highest BCUT2D eigenvalue weighted by molar-refractivity contribution is 7.07. The lowest BCUT2D eigenvalue weighted by Crippen LogP contribution is -2.52. The van der Waals surface area contributed by atoms with Crippen LogP contribution < -0.4 is 0 Å². The van der Waals surface area contributed by atoms with Gasteiger partial charge in [-0.05, 0) is 65.8 Å². The summed E-state index contributed by atoms with van der Waals surface area (Å²) < 4.78 is 0. The van der Waals surface area contributed by atoms with Gasteiger partial charge in [-0.25, -0.2) is 0 Å². The molecule has 2 heterocycles. The molecule has 1 amide bonds. The van der Waals surface area contributed by atoms with E-state index in [1.54, 1.807) is 23.5 Å². The first kappa shape index (κ1) is 22.3. The van der Waals surface area contributed by atoms with Gasteiger partial charge < -0.3 is 15.1 Å². The fourth-order valence-electron chi connectivity index (χ4n) is 4.70. The van der Waals surface area contributed by atoms with E-state index in [1.807, 2.05) is 17.0 Å². The average molecular weight is 444 g/mol. The lowest BCUT2D eigenvalue weighted by atomic mass is 9.91. The van der Waals surface area contributed by atoms with E-state index >= 15 is 0 Å². The standard InChI is InChI=1S/C24H33N3O3S/c28-22-6-4-21(5-7-22)27(16-19-2-1-3-23(29)14-19)17-24(30)26-11-9-25(10-12-26)15-20-8-13-31-18-20/h1-3,8,13-14,18,21-22,28-29H,4-7,9-12,15-17H2. The smallest absolute Gasteiger partial charge is 0.236 e. The Morgan fingerprint density at radius 1 is 1.06 bits per heavy atom. The van der Waals surface area contributed by atoms with E-state index in [9.17, 15) is 15.0 Å². The Kier molecular flexibility index (Phi) is 7.61. The highest BCUT2D eigenvalue weighted by Crippen LogP contribution is 2.25. The number of amides is 1. The second kappa shape index (κ2) is 10.6. The van der Waals surface area contributed by atoms with Crippen molar-refractivity contribution in [2.45, 2.75) is 50.9 Å². The molecule has 2 aliphatic rings. The Morgan fingerprint density at radius 3 is 2.52 bits per heavy atom. The molecule has 0 unspecified atom stereocenters. The molecule has 2 fully saturated rings. The van der Waals surface area contributed by atoms with Crippen molar-refractivity contribution >= 4 is 17.2 Å². The Morgan fingerprint density at radius 2 is 1.84 bits per heavy atom. The molecule has 1 saturated heterocycles. The molecule has 1 aliphatic heterocycles. The Bertz CT molecular complexity index is 828. The molecule has 0 spiro atoms. The van der Waals surface area contributed by atoms with Crippen molar-refractivity contribution in [2.75, 3.05) is 32.7 Å². The molecule has 4 rings (SSSR count). The number of carbonyl (C=O) groups excluding carboxylic acids is 1. The SMILES string of the molecule is O=C(CN(Cc1cccc(O)c1)C1CCC(O)CC1)N1CCN(Cc2ccsc2)CC1. The van der Waals surface area contributed by atoms with Crippen LogP contribution in [0.25, 0.3) is 0 Å². The number of aromatic hydroxyl groups is 1. The molecule has 0 bridgehead atoms. The van der Waals surface area contributed by atoms with Crippen molar-refractivity contribution in [3.05, 3.63) is 52.2 Å². The number of aliphatic hydroxyl groups excluding tert-OH is 1. The van der Waals surface area contributed by atoms with Gasteiger partial charge in [-0.3, -0.25) is 14.6 Å². The van der Waals surface area contributed by atoms with Gasteiger partial charge in [0, 0.05) is 45.3 Å². The quantitative estimate of drug-likeness (QED) is 0.689. The number of aliphatic hydroxyl groups is 1. The molecule has 1 aromatic heterocycles. The first-order chi connectivity index (χ1) is 15.1. The maximum Gasteiger partial charge on any atom is 0.236 e. The predicted molar refractivity (Wildman–Crippen MR) is 123 cm³/mol. The van der Waals surface area contributed by atoms with Gasteiger partial charge in [-0.1, -0.05) is 12.1 Å². The molecule has 6 nitrogen and oxygen atoms in total. The minimum absolute atomic E-state index is 0.182. The van der Waals surface area contributed by atoms with Crippen LogP contribution in [0.15, 0.2) is 41.1 Å². The maximum absolute atomic E-state index is 13.2. The van der Waals surface area contributed by atoms with E-state index in [0.29, 0.717) is 13.1 Å². The molecule has 7 heteroatoms. The molecule has 1 saturated carbocycles. The van der Waals surface area contributed by atoms with E-state index in [4.69, 9.17) is 0 Å². The topological polar surface area (TPSA) is 67.2 Å².